The first-order valence-corrected chi connectivity index (χ1v) is 6.21. The fraction of sp³-hybridized carbons (Fsp3) is 0.846. The number of carbonyl (C=O) groups is 2. The van der Waals surface area contributed by atoms with Crippen molar-refractivity contribution >= 4 is 11.9 Å². The van der Waals surface area contributed by atoms with Crippen LogP contribution in [0.15, 0.2) is 0 Å². The molecular formula is C13H24O5. The number of hydrogen-bond acceptors (Lipinski definition) is 5. The van der Waals surface area contributed by atoms with E-state index in [1.54, 1.807) is 34.6 Å². The Morgan fingerprint density at radius 1 is 0.889 bits per heavy atom. The van der Waals surface area contributed by atoms with Gasteiger partial charge in [0.05, 0.1) is 18.3 Å². The maximum absolute atomic E-state index is 11.8. The summed E-state index contributed by atoms with van der Waals surface area (Å²) in [4.78, 5) is 23.7. The topological polar surface area (TPSA) is 61.8 Å². The molecule has 0 aliphatic rings. The van der Waals surface area contributed by atoms with Gasteiger partial charge in [0.1, 0.15) is 0 Å². The zero-order valence-electron chi connectivity index (χ0n) is 12.1. The van der Waals surface area contributed by atoms with Crippen LogP contribution in [0.4, 0.5) is 0 Å². The van der Waals surface area contributed by atoms with Gasteiger partial charge in [0.15, 0.2) is 5.92 Å². The smallest absolute Gasteiger partial charge is 0.320 e. The van der Waals surface area contributed by atoms with E-state index >= 15 is 0 Å². The molecule has 1 unspecified atom stereocenters. The minimum atomic E-state index is -0.926. The summed E-state index contributed by atoms with van der Waals surface area (Å²) in [5.74, 6) is -2.04. The molecular weight excluding hydrogens is 236 g/mol. The molecule has 1 atom stereocenters. The number of esters is 2. The van der Waals surface area contributed by atoms with Gasteiger partial charge in [-0.15, -0.1) is 0 Å². The Morgan fingerprint density at radius 2 is 1.28 bits per heavy atom. The van der Waals surface area contributed by atoms with Gasteiger partial charge in [0.2, 0.25) is 0 Å². The molecule has 0 saturated carbocycles. The van der Waals surface area contributed by atoms with Crippen LogP contribution in [0.3, 0.4) is 0 Å². The molecule has 0 aliphatic carbocycles. The fourth-order valence-electron chi connectivity index (χ4n) is 1.35. The molecule has 5 heteroatoms. The van der Waals surface area contributed by atoms with E-state index in [0.29, 0.717) is 0 Å². The standard InChI is InChI=1S/C13H24O5/c1-8(2)17-12(14)11(7-10(5)16-6)13(15)18-9(3)4/h8-11H,7H2,1-6H3. The predicted molar refractivity (Wildman–Crippen MR) is 67.0 cm³/mol. The minimum Gasteiger partial charge on any atom is -0.462 e. The highest BCUT2D eigenvalue weighted by Crippen LogP contribution is 2.15. The van der Waals surface area contributed by atoms with E-state index in [2.05, 4.69) is 0 Å². The molecule has 0 fully saturated rings. The van der Waals surface area contributed by atoms with Crippen molar-refractivity contribution in [3.05, 3.63) is 0 Å². The number of methoxy groups -OCH3 is 1. The Morgan fingerprint density at radius 3 is 1.56 bits per heavy atom. The van der Waals surface area contributed by atoms with Crippen molar-refractivity contribution in [3.63, 3.8) is 0 Å². The Hall–Kier alpha value is -1.10. The second kappa shape index (κ2) is 8.08. The molecule has 106 valence electrons. The van der Waals surface area contributed by atoms with Gasteiger partial charge in [-0.2, -0.15) is 0 Å². The summed E-state index contributed by atoms with van der Waals surface area (Å²) in [6.07, 6.45) is -0.475. The minimum absolute atomic E-state index is 0.213. The van der Waals surface area contributed by atoms with Crippen LogP contribution in [0.5, 0.6) is 0 Å². The molecule has 0 amide bonds. The van der Waals surface area contributed by atoms with Crippen molar-refractivity contribution in [1.29, 1.82) is 0 Å². The van der Waals surface area contributed by atoms with Gasteiger partial charge in [-0.25, -0.2) is 0 Å². The molecule has 0 rings (SSSR count). The van der Waals surface area contributed by atoms with Crippen molar-refractivity contribution in [3.8, 4) is 0 Å². The van der Waals surface area contributed by atoms with Crippen LogP contribution >= 0.6 is 0 Å². The van der Waals surface area contributed by atoms with Crippen molar-refractivity contribution in [2.45, 2.75) is 59.4 Å². The van der Waals surface area contributed by atoms with Crippen LogP contribution < -0.4 is 0 Å². The molecule has 5 nitrogen and oxygen atoms in total. The average Bonchev–Trinajstić information content (AvgIpc) is 2.22. The Kier molecular flexibility index (Phi) is 7.59. The molecule has 0 aromatic rings. The van der Waals surface area contributed by atoms with Crippen molar-refractivity contribution in [2.75, 3.05) is 7.11 Å². The van der Waals surface area contributed by atoms with Gasteiger partial charge in [-0.1, -0.05) is 0 Å². The average molecular weight is 260 g/mol. The molecule has 0 heterocycles. The predicted octanol–water partition coefficient (Wildman–Crippen LogP) is 1.93. The van der Waals surface area contributed by atoms with Crippen LogP contribution in [0, 0.1) is 5.92 Å². The normalized spacial score (nSPS) is 12.9. The van der Waals surface area contributed by atoms with Gasteiger partial charge in [0, 0.05) is 7.11 Å². The number of ether oxygens (including phenoxy) is 3. The summed E-state index contributed by atoms with van der Waals surface area (Å²) < 4.78 is 15.2. The first-order valence-electron chi connectivity index (χ1n) is 6.21. The molecule has 0 bridgehead atoms. The van der Waals surface area contributed by atoms with E-state index in [-0.39, 0.29) is 24.7 Å². The highest BCUT2D eigenvalue weighted by atomic mass is 16.6. The molecule has 0 aromatic heterocycles. The number of rotatable bonds is 7. The second-order valence-corrected chi connectivity index (χ2v) is 4.81. The van der Waals surface area contributed by atoms with Crippen molar-refractivity contribution in [2.24, 2.45) is 5.92 Å². The van der Waals surface area contributed by atoms with E-state index in [0.717, 1.165) is 0 Å². The first-order chi connectivity index (χ1) is 8.27. The molecule has 0 radical (unpaired) electrons. The highest BCUT2D eigenvalue weighted by molar-refractivity contribution is 5.95. The third kappa shape index (κ3) is 6.59. The summed E-state index contributed by atoms with van der Waals surface area (Å²) in [5.41, 5.74) is 0. The second-order valence-electron chi connectivity index (χ2n) is 4.81. The zero-order chi connectivity index (χ0) is 14.3. The lowest BCUT2D eigenvalue weighted by Gasteiger charge is -2.20. The summed E-state index contributed by atoms with van der Waals surface area (Å²) in [6, 6.07) is 0. The van der Waals surface area contributed by atoms with Gasteiger partial charge in [0.25, 0.3) is 0 Å². The summed E-state index contributed by atoms with van der Waals surface area (Å²) in [7, 11) is 1.53. The van der Waals surface area contributed by atoms with Crippen molar-refractivity contribution in [1.82, 2.24) is 0 Å². The lowest BCUT2D eigenvalue weighted by atomic mass is 10.0. The zero-order valence-corrected chi connectivity index (χ0v) is 12.1. The molecule has 0 aliphatic heterocycles. The van der Waals surface area contributed by atoms with Gasteiger partial charge in [-0.05, 0) is 41.0 Å². The third-order valence-corrected chi connectivity index (χ3v) is 2.24. The number of hydrogen-bond donors (Lipinski definition) is 0. The summed E-state index contributed by atoms with van der Waals surface area (Å²) >= 11 is 0. The third-order valence-electron chi connectivity index (χ3n) is 2.24. The van der Waals surface area contributed by atoms with E-state index in [1.165, 1.54) is 7.11 Å². The van der Waals surface area contributed by atoms with E-state index in [9.17, 15) is 9.59 Å². The highest BCUT2D eigenvalue weighted by Gasteiger charge is 2.32. The van der Waals surface area contributed by atoms with Gasteiger partial charge < -0.3 is 14.2 Å². The Bertz CT molecular complexity index is 251. The maximum atomic E-state index is 11.8. The molecule has 18 heavy (non-hydrogen) atoms. The van der Waals surface area contributed by atoms with E-state index in [1.807, 2.05) is 0 Å². The SMILES string of the molecule is COC(C)CC(C(=O)OC(C)C)C(=O)OC(C)C. The Labute approximate surface area is 109 Å². The molecule has 0 saturated heterocycles. The first kappa shape index (κ1) is 16.9. The fourth-order valence-corrected chi connectivity index (χ4v) is 1.35. The van der Waals surface area contributed by atoms with Gasteiger partial charge >= 0.3 is 11.9 Å². The van der Waals surface area contributed by atoms with Crippen LogP contribution in [-0.4, -0.2) is 37.4 Å². The van der Waals surface area contributed by atoms with Crippen LogP contribution in [0.2, 0.25) is 0 Å². The molecule has 0 aromatic carbocycles. The molecule has 0 N–H and O–H groups in total. The van der Waals surface area contributed by atoms with Crippen molar-refractivity contribution < 1.29 is 23.8 Å². The van der Waals surface area contributed by atoms with Crippen LogP contribution in [-0.2, 0) is 23.8 Å². The Balaban J connectivity index is 4.70. The monoisotopic (exact) mass is 260 g/mol. The van der Waals surface area contributed by atoms with Crippen LogP contribution in [0.25, 0.3) is 0 Å². The quantitative estimate of drug-likeness (QED) is 0.517. The summed E-state index contributed by atoms with van der Waals surface area (Å²) in [5, 5.41) is 0. The van der Waals surface area contributed by atoms with Crippen LogP contribution in [0.1, 0.15) is 41.0 Å². The van der Waals surface area contributed by atoms with Gasteiger partial charge in [-0.3, -0.25) is 9.59 Å². The van der Waals surface area contributed by atoms with E-state index < -0.39 is 17.9 Å². The lowest BCUT2D eigenvalue weighted by Crippen LogP contribution is -2.33. The lowest BCUT2D eigenvalue weighted by molar-refractivity contribution is -0.168. The largest absolute Gasteiger partial charge is 0.462 e. The molecule has 0 spiro atoms. The maximum Gasteiger partial charge on any atom is 0.320 e. The number of carbonyl (C=O) groups excluding carboxylic acids is 2. The summed E-state index contributed by atoms with van der Waals surface area (Å²) in [6.45, 7) is 8.74. The van der Waals surface area contributed by atoms with E-state index in [4.69, 9.17) is 14.2 Å².